The first-order chi connectivity index (χ1) is 11.4. The second-order valence-corrected chi connectivity index (χ2v) is 10.7. The fourth-order valence-electron chi connectivity index (χ4n) is 3.14. The van der Waals surface area contributed by atoms with Crippen LogP contribution in [0.4, 0.5) is 5.69 Å². The van der Waals surface area contributed by atoms with E-state index in [1.807, 2.05) is 41.4 Å². The molecule has 0 radical (unpaired) electrons. The van der Waals surface area contributed by atoms with E-state index in [9.17, 15) is 0 Å². The molecule has 5 heteroatoms. The largest absolute Gasteiger partial charge is 0.367 e. The molecule has 0 aliphatic carbocycles. The summed E-state index contributed by atoms with van der Waals surface area (Å²) in [4.78, 5) is 2.47. The van der Waals surface area contributed by atoms with Crippen LogP contribution in [0.1, 0.15) is 11.5 Å². The third kappa shape index (κ3) is 3.16. The third-order valence-corrected chi connectivity index (χ3v) is 10.4. The molecule has 2 unspecified atom stereocenters. The van der Waals surface area contributed by atoms with Crippen molar-refractivity contribution in [1.29, 1.82) is 0 Å². The lowest BCUT2D eigenvalue weighted by Gasteiger charge is -2.17. The molecule has 0 saturated heterocycles. The van der Waals surface area contributed by atoms with Gasteiger partial charge in [0.1, 0.15) is 15.4 Å². The van der Waals surface area contributed by atoms with Gasteiger partial charge < -0.3 is 4.90 Å². The number of thioether (sulfide) groups is 3. The highest BCUT2D eigenvalue weighted by molar-refractivity contribution is 8.32. The first-order valence-electron chi connectivity index (χ1n) is 7.57. The standard InChI is InChI=1S/C18H18NS4/c1-2-7-19-12-14(15-5-3-4-6-16(15)19)13-23-11-10-22-18(23)17-20-8-9-21-17/h2-6,8-11,14H,1,7,12-13H2/q+1. The van der Waals surface area contributed by atoms with Crippen molar-refractivity contribution in [2.75, 3.05) is 23.7 Å². The second kappa shape index (κ2) is 7.09. The Bertz CT molecular complexity index is 697. The molecule has 0 saturated carbocycles. The zero-order valence-electron chi connectivity index (χ0n) is 12.7. The van der Waals surface area contributed by atoms with Crippen molar-refractivity contribution in [3.63, 3.8) is 0 Å². The van der Waals surface area contributed by atoms with Gasteiger partial charge in [0.2, 0.25) is 4.24 Å². The molecular weight excluding hydrogens is 358 g/mol. The van der Waals surface area contributed by atoms with Crippen LogP contribution >= 0.6 is 35.3 Å². The topological polar surface area (TPSA) is 3.24 Å². The molecule has 1 nitrogen and oxygen atoms in total. The lowest BCUT2D eigenvalue weighted by molar-refractivity contribution is 0.785. The fourth-order valence-corrected chi connectivity index (χ4v) is 9.42. The molecular formula is C18H18NS4+. The zero-order valence-corrected chi connectivity index (χ0v) is 15.9. The van der Waals surface area contributed by atoms with Crippen LogP contribution in [0.5, 0.6) is 0 Å². The van der Waals surface area contributed by atoms with Gasteiger partial charge in [0, 0.05) is 30.1 Å². The summed E-state index contributed by atoms with van der Waals surface area (Å²) in [5, 5.41) is 9.10. The second-order valence-electron chi connectivity index (χ2n) is 5.52. The molecule has 1 aromatic carbocycles. The van der Waals surface area contributed by atoms with Crippen molar-refractivity contribution >= 4 is 51.9 Å². The molecule has 0 fully saturated rings. The Labute approximate surface area is 153 Å². The van der Waals surface area contributed by atoms with Gasteiger partial charge in [-0.1, -0.05) is 47.8 Å². The molecule has 2 atom stereocenters. The molecule has 3 heterocycles. The minimum Gasteiger partial charge on any atom is -0.367 e. The van der Waals surface area contributed by atoms with E-state index < -0.39 is 0 Å². The minimum absolute atomic E-state index is 0.257. The average Bonchev–Trinajstić information content (AvgIpc) is 3.29. The van der Waals surface area contributed by atoms with Crippen molar-refractivity contribution < 1.29 is 0 Å². The van der Waals surface area contributed by atoms with Gasteiger partial charge in [-0.25, -0.2) is 0 Å². The van der Waals surface area contributed by atoms with Crippen LogP contribution in [0.3, 0.4) is 0 Å². The van der Waals surface area contributed by atoms with Crippen molar-refractivity contribution in [2.24, 2.45) is 0 Å². The predicted molar refractivity (Wildman–Crippen MR) is 112 cm³/mol. The summed E-state index contributed by atoms with van der Waals surface area (Å²) in [6, 6.07) is 8.90. The van der Waals surface area contributed by atoms with Gasteiger partial charge in [0.25, 0.3) is 0 Å². The van der Waals surface area contributed by atoms with Gasteiger partial charge >= 0.3 is 0 Å². The number of rotatable bonds is 4. The van der Waals surface area contributed by atoms with Crippen LogP contribution in [0.15, 0.2) is 67.0 Å². The van der Waals surface area contributed by atoms with E-state index in [1.54, 1.807) is 4.24 Å². The lowest BCUT2D eigenvalue weighted by atomic mass is 10.0. The quantitative estimate of drug-likeness (QED) is 0.490. The van der Waals surface area contributed by atoms with E-state index in [0.29, 0.717) is 5.92 Å². The minimum atomic E-state index is 0.257. The number of para-hydroxylation sites is 1. The number of hydrogen-bond acceptors (Lipinski definition) is 4. The summed E-state index contributed by atoms with van der Waals surface area (Å²) in [5.74, 6) is 1.85. The molecule has 0 amide bonds. The molecule has 4 rings (SSSR count). The normalized spacial score (nSPS) is 25.5. The molecule has 0 aromatic heterocycles. The highest BCUT2D eigenvalue weighted by Crippen LogP contribution is 2.50. The van der Waals surface area contributed by atoms with Gasteiger partial charge in [-0.15, -0.1) is 6.58 Å². The Morgan fingerprint density at radius 1 is 1.17 bits per heavy atom. The first kappa shape index (κ1) is 15.9. The van der Waals surface area contributed by atoms with E-state index in [4.69, 9.17) is 0 Å². The van der Waals surface area contributed by atoms with Crippen molar-refractivity contribution in [1.82, 2.24) is 0 Å². The summed E-state index contributed by atoms with van der Waals surface area (Å²) in [7, 11) is 0.257. The Balaban J connectivity index is 1.56. The zero-order chi connectivity index (χ0) is 15.6. The van der Waals surface area contributed by atoms with Gasteiger partial charge in [-0.3, -0.25) is 0 Å². The Kier molecular flexibility index (Phi) is 4.90. The molecule has 1 aromatic rings. The van der Waals surface area contributed by atoms with Gasteiger partial charge in [0.15, 0.2) is 0 Å². The molecule has 118 valence electrons. The van der Waals surface area contributed by atoms with Crippen LogP contribution in [0.2, 0.25) is 0 Å². The SMILES string of the molecule is C=CCN1CC(C[S+]2C=CSC2=C2SC=CS2)c2ccccc21. The van der Waals surface area contributed by atoms with E-state index in [2.05, 4.69) is 57.4 Å². The highest BCUT2D eigenvalue weighted by Gasteiger charge is 2.38. The van der Waals surface area contributed by atoms with E-state index in [-0.39, 0.29) is 10.9 Å². The summed E-state index contributed by atoms with van der Waals surface area (Å²) in [5.41, 5.74) is 2.92. The van der Waals surface area contributed by atoms with E-state index >= 15 is 0 Å². The fraction of sp³-hybridized carbons (Fsp3) is 0.222. The monoisotopic (exact) mass is 376 g/mol. The van der Waals surface area contributed by atoms with Crippen LogP contribution in [-0.2, 0) is 10.9 Å². The lowest BCUT2D eigenvalue weighted by Crippen LogP contribution is -2.24. The summed E-state index contributed by atoms with van der Waals surface area (Å²) >= 11 is 5.68. The Hall–Kier alpha value is -0.620. The van der Waals surface area contributed by atoms with Gasteiger partial charge in [0.05, 0.1) is 10.9 Å². The highest BCUT2D eigenvalue weighted by atomic mass is 32.2. The average molecular weight is 377 g/mol. The van der Waals surface area contributed by atoms with E-state index in [0.717, 1.165) is 13.1 Å². The van der Waals surface area contributed by atoms with E-state index in [1.165, 1.54) is 21.2 Å². The molecule has 0 spiro atoms. The maximum Gasteiger partial charge on any atom is 0.218 e. The number of benzene rings is 1. The van der Waals surface area contributed by atoms with Crippen molar-refractivity contribution in [2.45, 2.75) is 5.92 Å². The third-order valence-electron chi connectivity index (χ3n) is 4.09. The number of fused-ring (bicyclic) bond motifs is 1. The number of nitrogens with zero attached hydrogens (tertiary/aromatic N) is 1. The molecule has 3 aliphatic heterocycles. The number of anilines is 1. The molecule has 23 heavy (non-hydrogen) atoms. The Morgan fingerprint density at radius 2 is 2.00 bits per heavy atom. The smallest absolute Gasteiger partial charge is 0.218 e. The maximum absolute atomic E-state index is 3.92. The van der Waals surface area contributed by atoms with Crippen LogP contribution < -0.4 is 4.90 Å². The summed E-state index contributed by atoms with van der Waals surface area (Å²) in [6.07, 6.45) is 2.01. The summed E-state index contributed by atoms with van der Waals surface area (Å²) < 4.78 is 3.06. The van der Waals surface area contributed by atoms with Crippen molar-refractivity contribution in [3.05, 3.63) is 72.6 Å². The summed E-state index contributed by atoms with van der Waals surface area (Å²) in [6.45, 7) is 5.97. The van der Waals surface area contributed by atoms with Gasteiger partial charge in [-0.2, -0.15) is 0 Å². The van der Waals surface area contributed by atoms with Crippen LogP contribution in [-0.4, -0.2) is 18.8 Å². The van der Waals surface area contributed by atoms with Crippen molar-refractivity contribution in [3.8, 4) is 0 Å². The molecule has 0 bridgehead atoms. The maximum atomic E-state index is 3.92. The predicted octanol–water partition coefficient (Wildman–Crippen LogP) is 5.69. The molecule has 3 aliphatic rings. The number of hydrogen-bond donors (Lipinski definition) is 0. The van der Waals surface area contributed by atoms with Crippen LogP contribution in [0.25, 0.3) is 0 Å². The van der Waals surface area contributed by atoms with Gasteiger partial charge in [-0.05, 0) is 34.2 Å². The Morgan fingerprint density at radius 3 is 2.83 bits per heavy atom. The van der Waals surface area contributed by atoms with Crippen LogP contribution in [0, 0.1) is 0 Å². The first-order valence-corrected chi connectivity index (χ1v) is 11.7. The molecule has 0 N–H and O–H groups in total.